The Labute approximate surface area is 103 Å². The first-order valence-corrected chi connectivity index (χ1v) is 6.81. The van der Waals surface area contributed by atoms with Crippen molar-refractivity contribution < 1.29 is 5.11 Å². The van der Waals surface area contributed by atoms with Crippen LogP contribution in [0, 0.1) is 13.8 Å². The summed E-state index contributed by atoms with van der Waals surface area (Å²) in [4.78, 5) is 9.84. The van der Waals surface area contributed by atoms with Crippen LogP contribution in [0.4, 0.5) is 0 Å². The van der Waals surface area contributed by atoms with Gasteiger partial charge in [-0.25, -0.2) is 9.97 Å². The summed E-state index contributed by atoms with van der Waals surface area (Å²) in [7, 11) is 0. The molecule has 1 unspecified atom stereocenters. The molecule has 5 heteroatoms. The first kappa shape index (κ1) is 11.7. The van der Waals surface area contributed by atoms with E-state index in [0.29, 0.717) is 0 Å². The van der Waals surface area contributed by atoms with Crippen molar-refractivity contribution in [2.24, 2.45) is 0 Å². The second-order valence-electron chi connectivity index (χ2n) is 3.79. The lowest BCUT2D eigenvalue weighted by atomic mass is 10.3. The van der Waals surface area contributed by atoms with Gasteiger partial charge in [-0.05, 0) is 20.8 Å². The van der Waals surface area contributed by atoms with Gasteiger partial charge in [0.2, 0.25) is 0 Å². The summed E-state index contributed by atoms with van der Waals surface area (Å²) in [5, 5.41) is 13.7. The highest BCUT2D eigenvalue weighted by atomic mass is 32.1. The molecule has 1 atom stereocenters. The highest BCUT2D eigenvalue weighted by molar-refractivity contribution is 7.12. The van der Waals surface area contributed by atoms with Crippen molar-refractivity contribution in [2.45, 2.75) is 33.3 Å². The first-order chi connectivity index (χ1) is 7.56. The molecule has 0 saturated carbocycles. The Kier molecular flexibility index (Phi) is 3.37. The molecule has 0 amide bonds. The summed E-state index contributed by atoms with van der Waals surface area (Å²) in [6, 6.07) is 0. The van der Waals surface area contributed by atoms with Crippen molar-refractivity contribution >= 4 is 22.7 Å². The minimum Gasteiger partial charge on any atom is -0.388 e. The third-order valence-electron chi connectivity index (χ3n) is 2.23. The minimum atomic E-state index is -0.427. The van der Waals surface area contributed by atoms with E-state index in [0.717, 1.165) is 32.7 Å². The summed E-state index contributed by atoms with van der Waals surface area (Å²) in [5.74, 6) is 0. The molecular weight excluding hydrogens is 240 g/mol. The van der Waals surface area contributed by atoms with E-state index < -0.39 is 6.10 Å². The molecule has 1 N–H and O–H groups in total. The zero-order valence-corrected chi connectivity index (χ0v) is 11.2. The molecule has 2 aromatic heterocycles. The molecule has 3 nitrogen and oxygen atoms in total. The lowest BCUT2D eigenvalue weighted by Crippen LogP contribution is -1.89. The maximum absolute atomic E-state index is 9.55. The van der Waals surface area contributed by atoms with E-state index in [1.807, 2.05) is 19.2 Å². The average Bonchev–Trinajstić information content (AvgIpc) is 2.73. The van der Waals surface area contributed by atoms with Gasteiger partial charge < -0.3 is 5.11 Å². The van der Waals surface area contributed by atoms with Crippen LogP contribution >= 0.6 is 22.7 Å². The van der Waals surface area contributed by atoms with Gasteiger partial charge in [-0.3, -0.25) is 0 Å². The van der Waals surface area contributed by atoms with Crippen molar-refractivity contribution in [3.8, 4) is 0 Å². The van der Waals surface area contributed by atoms with Gasteiger partial charge in [-0.2, -0.15) is 0 Å². The van der Waals surface area contributed by atoms with Crippen LogP contribution in [-0.4, -0.2) is 15.1 Å². The topological polar surface area (TPSA) is 46.0 Å². The summed E-state index contributed by atoms with van der Waals surface area (Å²) in [6.07, 6.45) is 0.348. The summed E-state index contributed by atoms with van der Waals surface area (Å²) < 4.78 is 0. The first-order valence-electron chi connectivity index (χ1n) is 5.11. The number of hydrogen-bond donors (Lipinski definition) is 1. The van der Waals surface area contributed by atoms with E-state index in [4.69, 9.17) is 0 Å². The Morgan fingerprint density at radius 2 is 2.06 bits per heavy atom. The van der Waals surface area contributed by atoms with Crippen molar-refractivity contribution in [3.05, 3.63) is 31.7 Å². The van der Waals surface area contributed by atoms with Gasteiger partial charge in [0.15, 0.2) is 0 Å². The standard InChI is InChI=1S/C11H14N2OS2/c1-6-5-15-9(12-6)4-10-13-7(2)11(16-10)8(3)14/h5,8,14H,4H2,1-3H3. The Bertz CT molecular complexity index is 488. The van der Waals surface area contributed by atoms with Gasteiger partial charge in [0, 0.05) is 11.1 Å². The van der Waals surface area contributed by atoms with Crippen molar-refractivity contribution in [3.63, 3.8) is 0 Å². The van der Waals surface area contributed by atoms with Gasteiger partial charge in [-0.15, -0.1) is 22.7 Å². The maximum atomic E-state index is 9.55. The molecule has 2 heterocycles. The van der Waals surface area contributed by atoms with Crippen LogP contribution in [0.2, 0.25) is 0 Å². The molecule has 0 spiro atoms. The van der Waals surface area contributed by atoms with Crippen LogP contribution in [0.3, 0.4) is 0 Å². The van der Waals surface area contributed by atoms with E-state index in [9.17, 15) is 5.11 Å². The predicted molar refractivity (Wildman–Crippen MR) is 67.1 cm³/mol. The lowest BCUT2D eigenvalue weighted by Gasteiger charge is -1.98. The largest absolute Gasteiger partial charge is 0.388 e. The highest BCUT2D eigenvalue weighted by Gasteiger charge is 2.13. The number of aliphatic hydroxyl groups is 1. The van der Waals surface area contributed by atoms with Gasteiger partial charge in [0.05, 0.1) is 33.1 Å². The third-order valence-corrected chi connectivity index (χ3v) is 4.52. The number of aromatic nitrogens is 2. The van der Waals surface area contributed by atoms with Gasteiger partial charge in [0.1, 0.15) is 0 Å². The van der Waals surface area contributed by atoms with E-state index in [1.54, 1.807) is 29.6 Å². The molecule has 86 valence electrons. The number of aryl methyl sites for hydroxylation is 2. The van der Waals surface area contributed by atoms with Crippen LogP contribution < -0.4 is 0 Å². The minimum absolute atomic E-state index is 0.427. The Balaban J connectivity index is 2.19. The van der Waals surface area contributed by atoms with Crippen molar-refractivity contribution in [1.29, 1.82) is 0 Å². The molecule has 0 fully saturated rings. The molecule has 0 aliphatic rings. The van der Waals surface area contributed by atoms with E-state index in [2.05, 4.69) is 9.97 Å². The van der Waals surface area contributed by atoms with Crippen LogP contribution in [-0.2, 0) is 6.42 Å². The lowest BCUT2D eigenvalue weighted by molar-refractivity contribution is 0.202. The second kappa shape index (κ2) is 4.61. The zero-order chi connectivity index (χ0) is 11.7. The fraction of sp³-hybridized carbons (Fsp3) is 0.455. The van der Waals surface area contributed by atoms with Crippen molar-refractivity contribution in [1.82, 2.24) is 9.97 Å². The maximum Gasteiger partial charge on any atom is 0.1000 e. The van der Waals surface area contributed by atoms with E-state index in [1.165, 1.54) is 0 Å². The van der Waals surface area contributed by atoms with Gasteiger partial charge >= 0.3 is 0 Å². The molecule has 0 aliphatic carbocycles. The summed E-state index contributed by atoms with van der Waals surface area (Å²) in [5.41, 5.74) is 1.99. The Morgan fingerprint density at radius 3 is 2.56 bits per heavy atom. The molecule has 0 radical (unpaired) electrons. The van der Waals surface area contributed by atoms with Crippen molar-refractivity contribution in [2.75, 3.05) is 0 Å². The molecule has 0 saturated heterocycles. The summed E-state index contributed by atoms with van der Waals surface area (Å²) >= 11 is 3.24. The SMILES string of the molecule is Cc1csc(Cc2nc(C)c(C(C)O)s2)n1. The van der Waals surface area contributed by atoms with E-state index in [-0.39, 0.29) is 0 Å². The quantitative estimate of drug-likeness (QED) is 0.916. The Morgan fingerprint density at radius 1 is 1.31 bits per heavy atom. The third kappa shape index (κ3) is 2.48. The van der Waals surface area contributed by atoms with Crippen LogP contribution in [0.25, 0.3) is 0 Å². The Hall–Kier alpha value is -0.780. The highest BCUT2D eigenvalue weighted by Crippen LogP contribution is 2.26. The molecule has 0 aromatic carbocycles. The number of aliphatic hydroxyl groups excluding tert-OH is 1. The molecule has 2 aromatic rings. The normalized spacial score (nSPS) is 13.0. The van der Waals surface area contributed by atoms with Crippen LogP contribution in [0.15, 0.2) is 5.38 Å². The molecule has 0 aliphatic heterocycles. The summed E-state index contributed by atoms with van der Waals surface area (Å²) in [6.45, 7) is 5.71. The number of nitrogens with zero attached hydrogens (tertiary/aromatic N) is 2. The number of rotatable bonds is 3. The van der Waals surface area contributed by atoms with Gasteiger partial charge in [-0.1, -0.05) is 0 Å². The smallest absolute Gasteiger partial charge is 0.1000 e. The number of hydrogen-bond acceptors (Lipinski definition) is 5. The zero-order valence-electron chi connectivity index (χ0n) is 9.52. The fourth-order valence-corrected chi connectivity index (χ4v) is 3.42. The second-order valence-corrected chi connectivity index (χ2v) is 5.85. The molecular formula is C11H14N2OS2. The fourth-order valence-electron chi connectivity index (χ4n) is 1.54. The average molecular weight is 254 g/mol. The molecule has 2 rings (SSSR count). The van der Waals surface area contributed by atoms with Gasteiger partial charge in [0.25, 0.3) is 0 Å². The van der Waals surface area contributed by atoms with E-state index >= 15 is 0 Å². The van der Waals surface area contributed by atoms with Crippen LogP contribution in [0.5, 0.6) is 0 Å². The van der Waals surface area contributed by atoms with Crippen LogP contribution in [0.1, 0.15) is 39.3 Å². The number of thiazole rings is 2. The molecule has 16 heavy (non-hydrogen) atoms. The predicted octanol–water partition coefficient (Wildman–Crippen LogP) is 2.86. The monoisotopic (exact) mass is 254 g/mol. The molecule has 0 bridgehead atoms.